The lowest BCUT2D eigenvalue weighted by Gasteiger charge is -2.35. The van der Waals surface area contributed by atoms with E-state index in [1.54, 1.807) is 0 Å². The second-order valence-electron chi connectivity index (χ2n) is 5.48. The van der Waals surface area contributed by atoms with Crippen molar-refractivity contribution in [1.82, 2.24) is 5.43 Å². The Morgan fingerprint density at radius 3 is 2.07 bits per heavy atom. The molecule has 0 aromatic carbocycles. The zero-order valence-electron chi connectivity index (χ0n) is 10.6. The van der Waals surface area contributed by atoms with Gasteiger partial charge in [-0.05, 0) is 49.9 Å². The molecule has 0 spiro atoms. The fraction of sp³-hybridized carbons (Fsp3) is 1.00. The van der Waals surface area contributed by atoms with Gasteiger partial charge in [0.05, 0.1) is 0 Å². The van der Waals surface area contributed by atoms with Crippen LogP contribution in [0.4, 0.5) is 0 Å². The van der Waals surface area contributed by atoms with Crippen LogP contribution in [0.25, 0.3) is 0 Å². The molecule has 1 fully saturated rings. The van der Waals surface area contributed by atoms with Gasteiger partial charge in [0.1, 0.15) is 0 Å². The molecule has 1 aliphatic rings. The van der Waals surface area contributed by atoms with Crippen molar-refractivity contribution >= 4 is 0 Å². The summed E-state index contributed by atoms with van der Waals surface area (Å²) in [6, 6.07) is 0.558. The minimum Gasteiger partial charge on any atom is -0.271 e. The minimum atomic E-state index is 0.558. The molecule has 0 amide bonds. The van der Waals surface area contributed by atoms with Crippen LogP contribution in [0.3, 0.4) is 0 Å². The summed E-state index contributed by atoms with van der Waals surface area (Å²) in [5, 5.41) is 0. The normalized spacial score (nSPS) is 29.4. The lowest BCUT2D eigenvalue weighted by molar-refractivity contribution is 0.183. The molecule has 0 heterocycles. The van der Waals surface area contributed by atoms with Gasteiger partial charge in [-0.2, -0.15) is 0 Å². The van der Waals surface area contributed by atoms with E-state index in [9.17, 15) is 0 Å². The quantitative estimate of drug-likeness (QED) is 0.543. The van der Waals surface area contributed by atoms with Crippen LogP contribution in [0.2, 0.25) is 0 Å². The van der Waals surface area contributed by atoms with E-state index in [2.05, 4.69) is 26.2 Å². The van der Waals surface area contributed by atoms with Gasteiger partial charge in [0.15, 0.2) is 0 Å². The molecule has 90 valence electrons. The maximum absolute atomic E-state index is 5.63. The van der Waals surface area contributed by atoms with E-state index in [4.69, 9.17) is 5.84 Å². The second kappa shape index (κ2) is 6.49. The molecule has 0 saturated heterocycles. The van der Waals surface area contributed by atoms with Crippen molar-refractivity contribution in [2.24, 2.45) is 23.6 Å². The van der Waals surface area contributed by atoms with Crippen LogP contribution in [0.15, 0.2) is 0 Å². The average molecular weight is 212 g/mol. The number of rotatable bonds is 5. The number of hydrogen-bond donors (Lipinski definition) is 2. The third kappa shape index (κ3) is 3.76. The summed E-state index contributed by atoms with van der Waals surface area (Å²) in [5.74, 6) is 8.28. The predicted molar refractivity (Wildman–Crippen MR) is 66.3 cm³/mol. The van der Waals surface area contributed by atoms with Crippen LogP contribution in [-0.2, 0) is 0 Å². The Bertz CT molecular complexity index is 160. The van der Waals surface area contributed by atoms with Crippen molar-refractivity contribution < 1.29 is 0 Å². The molecule has 0 aromatic heterocycles. The smallest absolute Gasteiger partial charge is 0.0238 e. The first-order valence-corrected chi connectivity index (χ1v) is 6.65. The van der Waals surface area contributed by atoms with Crippen molar-refractivity contribution in [3.05, 3.63) is 0 Å². The van der Waals surface area contributed by atoms with Gasteiger partial charge >= 0.3 is 0 Å². The molecule has 1 aliphatic carbocycles. The van der Waals surface area contributed by atoms with Gasteiger partial charge in [0, 0.05) is 6.04 Å². The van der Waals surface area contributed by atoms with Gasteiger partial charge in [-0.15, -0.1) is 0 Å². The summed E-state index contributed by atoms with van der Waals surface area (Å²) in [5.41, 5.74) is 3.02. The lowest BCUT2D eigenvalue weighted by atomic mass is 9.74. The van der Waals surface area contributed by atoms with E-state index in [1.807, 2.05) is 0 Å². The largest absolute Gasteiger partial charge is 0.271 e. The highest BCUT2D eigenvalue weighted by molar-refractivity contribution is 4.81. The van der Waals surface area contributed by atoms with Gasteiger partial charge < -0.3 is 0 Å². The number of hydrogen-bond acceptors (Lipinski definition) is 2. The molecule has 0 aromatic rings. The number of hydrazine groups is 1. The third-order valence-electron chi connectivity index (χ3n) is 4.14. The van der Waals surface area contributed by atoms with Crippen LogP contribution < -0.4 is 11.3 Å². The standard InChI is InChI=1S/C13H28N2/c1-4-5-13(15-14)12-8-6-11(7-9-12)10(2)3/h10-13,15H,4-9,14H2,1-3H3. The second-order valence-corrected chi connectivity index (χ2v) is 5.48. The first-order valence-electron chi connectivity index (χ1n) is 6.65. The van der Waals surface area contributed by atoms with Gasteiger partial charge in [-0.3, -0.25) is 11.3 Å². The molecule has 2 nitrogen and oxygen atoms in total. The summed E-state index contributed by atoms with van der Waals surface area (Å²) < 4.78 is 0. The number of nitrogens with one attached hydrogen (secondary N) is 1. The fourth-order valence-electron chi connectivity index (χ4n) is 2.98. The van der Waals surface area contributed by atoms with Crippen molar-refractivity contribution in [2.45, 2.75) is 65.3 Å². The van der Waals surface area contributed by atoms with E-state index < -0.39 is 0 Å². The van der Waals surface area contributed by atoms with Crippen molar-refractivity contribution in [3.8, 4) is 0 Å². The molecular formula is C13H28N2. The monoisotopic (exact) mass is 212 g/mol. The molecule has 1 rings (SSSR count). The summed E-state index contributed by atoms with van der Waals surface area (Å²) in [7, 11) is 0. The Balaban J connectivity index is 2.35. The molecule has 1 unspecified atom stereocenters. The highest BCUT2D eigenvalue weighted by Crippen LogP contribution is 2.35. The summed E-state index contributed by atoms with van der Waals surface area (Å²) in [4.78, 5) is 0. The Labute approximate surface area is 95.0 Å². The van der Waals surface area contributed by atoms with Gasteiger partial charge in [-0.1, -0.05) is 27.2 Å². The molecular weight excluding hydrogens is 184 g/mol. The molecule has 2 heteroatoms. The van der Waals surface area contributed by atoms with Crippen molar-refractivity contribution in [2.75, 3.05) is 0 Å². The van der Waals surface area contributed by atoms with Gasteiger partial charge in [0.25, 0.3) is 0 Å². The lowest BCUT2D eigenvalue weighted by Crippen LogP contribution is -2.42. The summed E-state index contributed by atoms with van der Waals surface area (Å²) >= 11 is 0. The first kappa shape index (κ1) is 13.0. The fourth-order valence-corrected chi connectivity index (χ4v) is 2.98. The predicted octanol–water partition coefficient (Wildman–Crippen LogP) is 3.08. The van der Waals surface area contributed by atoms with Crippen LogP contribution in [0, 0.1) is 17.8 Å². The molecule has 0 bridgehead atoms. The SMILES string of the molecule is CCCC(NN)C1CCC(C(C)C)CC1. The topological polar surface area (TPSA) is 38.0 Å². The minimum absolute atomic E-state index is 0.558. The Hall–Kier alpha value is -0.0800. The van der Waals surface area contributed by atoms with E-state index in [0.717, 1.165) is 17.8 Å². The van der Waals surface area contributed by atoms with Crippen LogP contribution >= 0.6 is 0 Å². The van der Waals surface area contributed by atoms with Crippen molar-refractivity contribution in [3.63, 3.8) is 0 Å². The zero-order chi connectivity index (χ0) is 11.3. The van der Waals surface area contributed by atoms with Gasteiger partial charge in [-0.25, -0.2) is 0 Å². The highest BCUT2D eigenvalue weighted by atomic mass is 15.2. The van der Waals surface area contributed by atoms with Crippen molar-refractivity contribution in [1.29, 1.82) is 0 Å². The third-order valence-corrected chi connectivity index (χ3v) is 4.14. The van der Waals surface area contributed by atoms with E-state index in [0.29, 0.717) is 6.04 Å². The molecule has 1 saturated carbocycles. The highest BCUT2D eigenvalue weighted by Gasteiger charge is 2.27. The maximum Gasteiger partial charge on any atom is 0.0238 e. The molecule has 3 N–H and O–H groups in total. The average Bonchev–Trinajstić information content (AvgIpc) is 2.26. The summed E-state index contributed by atoms with van der Waals surface area (Å²) in [6.07, 6.45) is 8.02. The maximum atomic E-state index is 5.63. The Morgan fingerprint density at radius 2 is 1.67 bits per heavy atom. The molecule has 0 radical (unpaired) electrons. The summed E-state index contributed by atoms with van der Waals surface area (Å²) in [6.45, 7) is 6.95. The van der Waals surface area contributed by atoms with E-state index in [-0.39, 0.29) is 0 Å². The van der Waals surface area contributed by atoms with Crippen LogP contribution in [0.5, 0.6) is 0 Å². The Kier molecular flexibility index (Phi) is 5.62. The van der Waals surface area contributed by atoms with E-state index >= 15 is 0 Å². The van der Waals surface area contributed by atoms with Crippen LogP contribution in [0.1, 0.15) is 59.3 Å². The van der Waals surface area contributed by atoms with Crippen LogP contribution in [-0.4, -0.2) is 6.04 Å². The first-order chi connectivity index (χ1) is 7.19. The molecule has 15 heavy (non-hydrogen) atoms. The number of nitrogens with two attached hydrogens (primary N) is 1. The molecule has 1 atom stereocenters. The van der Waals surface area contributed by atoms with E-state index in [1.165, 1.54) is 38.5 Å². The zero-order valence-corrected chi connectivity index (χ0v) is 10.6. The Morgan fingerprint density at radius 1 is 1.13 bits per heavy atom. The van der Waals surface area contributed by atoms with Gasteiger partial charge in [0.2, 0.25) is 0 Å². The molecule has 0 aliphatic heterocycles.